The summed E-state index contributed by atoms with van der Waals surface area (Å²) >= 11 is 0. The van der Waals surface area contributed by atoms with Gasteiger partial charge in [0.25, 0.3) is 0 Å². The van der Waals surface area contributed by atoms with E-state index in [-0.39, 0.29) is 5.60 Å². The van der Waals surface area contributed by atoms with E-state index in [1.165, 1.54) is 43.3 Å². The zero-order chi connectivity index (χ0) is 15.4. The van der Waals surface area contributed by atoms with Gasteiger partial charge in [-0.25, -0.2) is 0 Å². The van der Waals surface area contributed by atoms with Crippen LogP contribution >= 0.6 is 0 Å². The maximum Gasteiger partial charge on any atom is 0.0892 e. The van der Waals surface area contributed by atoms with E-state index in [1.54, 1.807) is 0 Å². The van der Waals surface area contributed by atoms with Crippen LogP contribution in [0.4, 0.5) is 0 Å². The zero-order valence-electron chi connectivity index (χ0n) is 14.7. The van der Waals surface area contributed by atoms with E-state index < -0.39 is 0 Å². The molecule has 1 saturated heterocycles. The van der Waals surface area contributed by atoms with Crippen LogP contribution in [0.2, 0.25) is 0 Å². The number of allylic oxidation sites excluding steroid dienone is 4. The molecule has 1 atom stereocenters. The van der Waals surface area contributed by atoms with E-state index in [1.807, 2.05) is 0 Å². The van der Waals surface area contributed by atoms with Crippen LogP contribution in [0.15, 0.2) is 23.3 Å². The first-order valence-electron chi connectivity index (χ1n) is 8.09. The molecule has 0 bridgehead atoms. The van der Waals surface area contributed by atoms with Gasteiger partial charge in [0.15, 0.2) is 0 Å². The number of ether oxygens (including phenoxy) is 1. The second-order valence-corrected chi connectivity index (χ2v) is 8.15. The predicted octanol–water partition coefficient (Wildman–Crippen LogP) is 6.05. The Bertz CT molecular complexity index is 366. The van der Waals surface area contributed by atoms with E-state index in [4.69, 9.17) is 4.74 Å². The van der Waals surface area contributed by atoms with Gasteiger partial charge in [-0.1, -0.05) is 44.1 Å². The molecule has 20 heavy (non-hydrogen) atoms. The molecular formula is C19H34O. The molecule has 116 valence electrons. The Hall–Kier alpha value is -0.560. The van der Waals surface area contributed by atoms with Crippen molar-refractivity contribution in [3.63, 3.8) is 0 Å². The average Bonchev–Trinajstić information content (AvgIpc) is 2.91. The molecule has 0 radical (unpaired) electrons. The van der Waals surface area contributed by atoms with Crippen LogP contribution in [0.25, 0.3) is 0 Å². The van der Waals surface area contributed by atoms with Crippen molar-refractivity contribution in [2.24, 2.45) is 5.41 Å². The van der Waals surface area contributed by atoms with Crippen LogP contribution < -0.4 is 0 Å². The van der Waals surface area contributed by atoms with Crippen LogP contribution in [0.1, 0.15) is 80.6 Å². The van der Waals surface area contributed by atoms with Gasteiger partial charge in [0.05, 0.1) is 11.7 Å². The quantitative estimate of drug-likeness (QED) is 0.408. The van der Waals surface area contributed by atoms with Gasteiger partial charge in [-0.3, -0.25) is 0 Å². The zero-order valence-corrected chi connectivity index (χ0v) is 14.7. The largest absolute Gasteiger partial charge is 0.367 e. The first kappa shape index (κ1) is 17.5. The highest BCUT2D eigenvalue weighted by Crippen LogP contribution is 2.38. The van der Waals surface area contributed by atoms with E-state index in [9.17, 15) is 0 Å². The molecule has 1 nitrogen and oxygen atoms in total. The highest BCUT2D eigenvalue weighted by molar-refractivity contribution is 5.06. The van der Waals surface area contributed by atoms with Crippen molar-refractivity contribution in [3.8, 4) is 0 Å². The van der Waals surface area contributed by atoms with Crippen LogP contribution in [0.5, 0.6) is 0 Å². The normalized spacial score (nSPS) is 23.1. The molecule has 0 aliphatic carbocycles. The maximum atomic E-state index is 5.62. The van der Waals surface area contributed by atoms with Crippen molar-refractivity contribution >= 4 is 0 Å². The van der Waals surface area contributed by atoms with E-state index in [0.29, 0.717) is 11.5 Å². The summed E-state index contributed by atoms with van der Waals surface area (Å²) in [6, 6.07) is 0. The van der Waals surface area contributed by atoms with Crippen LogP contribution in [-0.4, -0.2) is 11.7 Å². The molecule has 1 rings (SSSR count). The minimum Gasteiger partial charge on any atom is -0.367 e. The molecule has 0 saturated carbocycles. The summed E-state index contributed by atoms with van der Waals surface area (Å²) in [5.41, 5.74) is 3.59. The van der Waals surface area contributed by atoms with E-state index in [0.717, 1.165) is 0 Å². The topological polar surface area (TPSA) is 12.5 Å². The summed E-state index contributed by atoms with van der Waals surface area (Å²) in [5.74, 6) is 0. The van der Waals surface area contributed by atoms with Gasteiger partial charge in [-0.15, -0.1) is 0 Å². The Morgan fingerprint density at radius 1 is 1.05 bits per heavy atom. The maximum absolute atomic E-state index is 5.62. The SMILES string of the molecule is C/C(=C\CC(C)(C)C)CC/C=C(\C)CCC1OC1(C)C. The number of hydrogen-bond acceptors (Lipinski definition) is 1. The third kappa shape index (κ3) is 7.28. The van der Waals surface area contributed by atoms with Gasteiger partial charge in [-0.05, 0) is 65.2 Å². The van der Waals surface area contributed by atoms with Crippen molar-refractivity contribution in [2.45, 2.75) is 92.3 Å². The second kappa shape index (κ2) is 6.93. The molecular weight excluding hydrogens is 244 g/mol. The fraction of sp³-hybridized carbons (Fsp3) is 0.789. The summed E-state index contributed by atoms with van der Waals surface area (Å²) in [6.07, 6.45) is 11.2. The Balaban J connectivity index is 2.19. The molecule has 1 heterocycles. The summed E-state index contributed by atoms with van der Waals surface area (Å²) < 4.78 is 5.62. The molecule has 1 aliphatic rings. The predicted molar refractivity (Wildman–Crippen MR) is 89.0 cm³/mol. The average molecular weight is 278 g/mol. The fourth-order valence-electron chi connectivity index (χ4n) is 2.33. The summed E-state index contributed by atoms with van der Waals surface area (Å²) in [7, 11) is 0. The Morgan fingerprint density at radius 2 is 1.60 bits per heavy atom. The van der Waals surface area contributed by atoms with Gasteiger partial charge in [-0.2, -0.15) is 0 Å². The molecule has 0 spiro atoms. The van der Waals surface area contributed by atoms with Gasteiger partial charge in [0.1, 0.15) is 0 Å². The highest BCUT2D eigenvalue weighted by Gasteiger charge is 2.46. The number of hydrogen-bond donors (Lipinski definition) is 0. The lowest BCUT2D eigenvalue weighted by Gasteiger charge is -2.15. The van der Waals surface area contributed by atoms with Crippen LogP contribution in [0.3, 0.4) is 0 Å². The minimum absolute atomic E-state index is 0.145. The van der Waals surface area contributed by atoms with Crippen LogP contribution in [0, 0.1) is 5.41 Å². The molecule has 0 amide bonds. The van der Waals surface area contributed by atoms with Crippen molar-refractivity contribution < 1.29 is 4.74 Å². The molecule has 1 fully saturated rings. The lowest BCUT2D eigenvalue weighted by Crippen LogP contribution is -2.02. The fourth-order valence-corrected chi connectivity index (χ4v) is 2.33. The molecule has 0 aromatic heterocycles. The molecule has 1 unspecified atom stereocenters. The smallest absolute Gasteiger partial charge is 0.0892 e. The highest BCUT2D eigenvalue weighted by atomic mass is 16.6. The van der Waals surface area contributed by atoms with Crippen molar-refractivity contribution in [3.05, 3.63) is 23.3 Å². The van der Waals surface area contributed by atoms with Gasteiger partial charge < -0.3 is 4.74 Å². The minimum atomic E-state index is 0.145. The lowest BCUT2D eigenvalue weighted by molar-refractivity contribution is 0.320. The molecule has 0 aromatic carbocycles. The molecule has 1 heteroatoms. The standard InChI is InChI=1S/C19H34O/c1-15(11-12-17-19(6,7)20-17)9-8-10-16(2)13-14-18(3,4)5/h9,13,17H,8,10-12,14H2,1-7H3/b15-9+,16-13+. The van der Waals surface area contributed by atoms with Crippen molar-refractivity contribution in [1.29, 1.82) is 0 Å². The molecule has 0 N–H and O–H groups in total. The third-order valence-corrected chi connectivity index (χ3v) is 4.06. The third-order valence-electron chi connectivity index (χ3n) is 4.06. The lowest BCUT2D eigenvalue weighted by atomic mass is 9.91. The van der Waals surface area contributed by atoms with Crippen molar-refractivity contribution in [1.82, 2.24) is 0 Å². The summed E-state index contributed by atoms with van der Waals surface area (Å²) in [5, 5.41) is 0. The Morgan fingerprint density at radius 3 is 2.10 bits per heavy atom. The molecule has 1 aliphatic heterocycles. The first-order valence-corrected chi connectivity index (χ1v) is 8.09. The van der Waals surface area contributed by atoms with Crippen molar-refractivity contribution in [2.75, 3.05) is 0 Å². The molecule has 0 aromatic rings. The number of epoxide rings is 1. The van der Waals surface area contributed by atoms with Crippen LogP contribution in [-0.2, 0) is 4.74 Å². The first-order chi connectivity index (χ1) is 9.10. The van der Waals surface area contributed by atoms with Gasteiger partial charge in [0.2, 0.25) is 0 Å². The monoisotopic (exact) mass is 278 g/mol. The van der Waals surface area contributed by atoms with E-state index in [2.05, 4.69) is 60.6 Å². The number of rotatable bonds is 7. The van der Waals surface area contributed by atoms with Gasteiger partial charge in [0, 0.05) is 0 Å². The Kier molecular flexibility index (Phi) is 6.06. The Labute approximate surface area is 126 Å². The van der Waals surface area contributed by atoms with E-state index >= 15 is 0 Å². The summed E-state index contributed by atoms with van der Waals surface area (Å²) in [6.45, 7) is 15.8. The van der Waals surface area contributed by atoms with Gasteiger partial charge >= 0.3 is 0 Å². The summed E-state index contributed by atoms with van der Waals surface area (Å²) in [4.78, 5) is 0. The second-order valence-electron chi connectivity index (χ2n) is 8.15.